The number of hydrogen-bond acceptors (Lipinski definition) is 5. The molecule has 1 aromatic rings. The van der Waals surface area contributed by atoms with Gasteiger partial charge in [-0.2, -0.15) is 0 Å². The van der Waals surface area contributed by atoms with Crippen LogP contribution >= 0.6 is 0 Å². The average Bonchev–Trinajstić information content (AvgIpc) is 2.95. The van der Waals surface area contributed by atoms with Gasteiger partial charge in [0.2, 0.25) is 0 Å². The van der Waals surface area contributed by atoms with Crippen molar-refractivity contribution >= 4 is 0 Å². The topological polar surface area (TPSA) is 58.9 Å². The molecule has 1 saturated carbocycles. The minimum atomic E-state index is 0.584. The first-order chi connectivity index (χ1) is 8.90. The highest BCUT2D eigenvalue weighted by molar-refractivity contribution is 4.94. The van der Waals surface area contributed by atoms with Crippen molar-refractivity contribution in [3.63, 3.8) is 0 Å². The minimum absolute atomic E-state index is 0.584. The fourth-order valence-electron chi connectivity index (χ4n) is 3.39. The van der Waals surface area contributed by atoms with Crippen LogP contribution in [0.25, 0.3) is 0 Å². The lowest BCUT2D eigenvalue weighted by Gasteiger charge is -2.34. The summed E-state index contributed by atoms with van der Waals surface area (Å²) in [5.41, 5.74) is 0. The predicted octanol–water partition coefficient (Wildman–Crippen LogP) is 0.192. The molecule has 0 spiro atoms. The first-order valence-electron chi connectivity index (χ1n) is 7.12. The highest BCUT2D eigenvalue weighted by atomic mass is 15.6. The van der Waals surface area contributed by atoms with Crippen LogP contribution in [-0.2, 0) is 6.54 Å². The molecule has 2 atom stereocenters. The van der Waals surface area contributed by atoms with Gasteiger partial charge in [0.25, 0.3) is 0 Å². The molecule has 18 heavy (non-hydrogen) atoms. The fraction of sp³-hybridized carbons (Fsp3) is 0.917. The molecule has 2 saturated heterocycles. The predicted molar refractivity (Wildman–Crippen MR) is 65.9 cm³/mol. The van der Waals surface area contributed by atoms with Crippen LogP contribution in [0.2, 0.25) is 0 Å². The van der Waals surface area contributed by atoms with E-state index in [4.69, 9.17) is 0 Å². The maximum absolute atomic E-state index is 4.20. The second-order valence-corrected chi connectivity index (χ2v) is 5.90. The molecule has 0 aromatic carbocycles. The minimum Gasteiger partial charge on any atom is -0.314 e. The zero-order valence-electron chi connectivity index (χ0n) is 10.6. The number of hydrogen-bond donors (Lipinski definition) is 1. The summed E-state index contributed by atoms with van der Waals surface area (Å²) >= 11 is 0. The molecule has 1 N–H and O–H groups in total. The van der Waals surface area contributed by atoms with Crippen LogP contribution < -0.4 is 5.32 Å². The Morgan fingerprint density at radius 1 is 1.22 bits per heavy atom. The van der Waals surface area contributed by atoms with Crippen molar-refractivity contribution in [1.29, 1.82) is 0 Å². The van der Waals surface area contributed by atoms with E-state index >= 15 is 0 Å². The van der Waals surface area contributed by atoms with E-state index in [2.05, 4.69) is 25.7 Å². The molecule has 0 amide bonds. The number of piperidine rings is 1. The van der Waals surface area contributed by atoms with Crippen molar-refractivity contribution in [2.45, 2.75) is 44.3 Å². The molecular formula is C12H20N6. The summed E-state index contributed by atoms with van der Waals surface area (Å²) in [6, 6.07) is 1.35. The highest BCUT2D eigenvalue weighted by Gasteiger charge is 2.34. The number of likely N-dealkylation sites (tertiary alicyclic amines) is 1. The van der Waals surface area contributed by atoms with Gasteiger partial charge >= 0.3 is 0 Å². The first-order valence-corrected chi connectivity index (χ1v) is 7.12. The fourth-order valence-corrected chi connectivity index (χ4v) is 3.39. The molecule has 6 heteroatoms. The first kappa shape index (κ1) is 10.9. The van der Waals surface area contributed by atoms with Gasteiger partial charge in [-0.3, -0.25) is 4.90 Å². The van der Waals surface area contributed by atoms with E-state index in [1.807, 2.05) is 4.68 Å². The summed E-state index contributed by atoms with van der Waals surface area (Å²) in [5.74, 6) is 1.89. The third kappa shape index (κ3) is 1.93. The van der Waals surface area contributed by atoms with Crippen molar-refractivity contribution in [2.75, 3.05) is 19.6 Å². The van der Waals surface area contributed by atoms with Crippen LogP contribution in [0.4, 0.5) is 0 Å². The molecule has 1 aliphatic carbocycles. The number of fused-ring (bicyclic) bond motifs is 1. The quantitative estimate of drug-likeness (QED) is 0.827. The van der Waals surface area contributed by atoms with E-state index in [1.165, 1.54) is 45.3 Å². The van der Waals surface area contributed by atoms with E-state index in [0.29, 0.717) is 6.04 Å². The summed E-state index contributed by atoms with van der Waals surface area (Å²) < 4.78 is 2.04. The number of rotatable bonds is 3. The van der Waals surface area contributed by atoms with Gasteiger partial charge in [0.1, 0.15) is 0 Å². The summed E-state index contributed by atoms with van der Waals surface area (Å²) in [6.45, 7) is 4.50. The molecule has 2 unspecified atom stereocenters. The lowest BCUT2D eigenvalue weighted by molar-refractivity contribution is 0.150. The number of nitrogens with zero attached hydrogens (tertiary/aromatic N) is 5. The van der Waals surface area contributed by atoms with Crippen molar-refractivity contribution < 1.29 is 0 Å². The lowest BCUT2D eigenvalue weighted by atomic mass is 9.93. The molecule has 0 bridgehead atoms. The molecule has 3 aliphatic rings. The highest BCUT2D eigenvalue weighted by Crippen LogP contribution is 2.34. The van der Waals surface area contributed by atoms with E-state index in [0.717, 1.165) is 24.3 Å². The van der Waals surface area contributed by atoms with Gasteiger partial charge in [-0.25, -0.2) is 4.68 Å². The van der Waals surface area contributed by atoms with Crippen molar-refractivity contribution in [1.82, 2.24) is 30.4 Å². The van der Waals surface area contributed by atoms with E-state index in [9.17, 15) is 0 Å². The van der Waals surface area contributed by atoms with Gasteiger partial charge in [-0.1, -0.05) is 0 Å². The van der Waals surface area contributed by atoms with E-state index in [-0.39, 0.29) is 0 Å². The standard InChI is InChI=1S/C12H20N6/c1-2-10(1)18-12(14-15-16-18)8-17-6-4-11-9(7-17)3-5-13-11/h9-11,13H,1-8H2. The molecule has 3 heterocycles. The number of nitrogens with one attached hydrogen (secondary N) is 1. The van der Waals surface area contributed by atoms with Crippen LogP contribution in [0.3, 0.4) is 0 Å². The number of tetrazole rings is 1. The Balaban J connectivity index is 1.43. The normalized spacial score (nSPS) is 32.7. The molecule has 4 rings (SSSR count). The summed E-state index contributed by atoms with van der Waals surface area (Å²) in [5, 5.41) is 15.8. The average molecular weight is 248 g/mol. The van der Waals surface area contributed by atoms with Crippen LogP contribution in [0.5, 0.6) is 0 Å². The van der Waals surface area contributed by atoms with Crippen molar-refractivity contribution in [3.8, 4) is 0 Å². The summed E-state index contributed by atoms with van der Waals surface area (Å²) in [4.78, 5) is 2.53. The molecule has 6 nitrogen and oxygen atoms in total. The van der Waals surface area contributed by atoms with Gasteiger partial charge < -0.3 is 5.32 Å². The second-order valence-electron chi connectivity index (χ2n) is 5.90. The Bertz CT molecular complexity index is 426. The van der Waals surface area contributed by atoms with Crippen LogP contribution in [-0.4, -0.2) is 50.8 Å². The Kier molecular flexibility index (Phi) is 2.58. The van der Waals surface area contributed by atoms with Crippen molar-refractivity contribution in [2.24, 2.45) is 5.92 Å². The van der Waals surface area contributed by atoms with E-state index < -0.39 is 0 Å². The zero-order valence-corrected chi connectivity index (χ0v) is 10.6. The Morgan fingerprint density at radius 3 is 3.06 bits per heavy atom. The van der Waals surface area contributed by atoms with Gasteiger partial charge in [-0.05, 0) is 48.6 Å². The molecule has 0 radical (unpaired) electrons. The Morgan fingerprint density at radius 2 is 2.17 bits per heavy atom. The largest absolute Gasteiger partial charge is 0.314 e. The van der Waals surface area contributed by atoms with Gasteiger partial charge in [-0.15, -0.1) is 5.10 Å². The van der Waals surface area contributed by atoms with Crippen LogP contribution in [0.15, 0.2) is 0 Å². The van der Waals surface area contributed by atoms with Gasteiger partial charge in [0.05, 0.1) is 12.6 Å². The second kappa shape index (κ2) is 4.28. The Labute approximate surface area is 107 Å². The summed E-state index contributed by atoms with van der Waals surface area (Å²) in [6.07, 6.45) is 5.09. The molecule has 3 fully saturated rings. The lowest BCUT2D eigenvalue weighted by Crippen LogP contribution is -2.44. The smallest absolute Gasteiger partial charge is 0.165 e. The molecule has 98 valence electrons. The third-order valence-electron chi connectivity index (χ3n) is 4.56. The third-order valence-corrected chi connectivity index (χ3v) is 4.56. The maximum atomic E-state index is 4.20. The SMILES string of the molecule is C1CC2CN(Cc3nnnn3C3CC3)CCC2N1. The van der Waals surface area contributed by atoms with Crippen LogP contribution in [0.1, 0.15) is 37.5 Å². The molecule has 2 aliphatic heterocycles. The van der Waals surface area contributed by atoms with Gasteiger partial charge in [0, 0.05) is 19.1 Å². The Hall–Kier alpha value is -1.01. The zero-order chi connectivity index (χ0) is 11.9. The summed E-state index contributed by atoms with van der Waals surface area (Å²) in [7, 11) is 0. The maximum Gasteiger partial charge on any atom is 0.165 e. The molecular weight excluding hydrogens is 228 g/mol. The van der Waals surface area contributed by atoms with E-state index in [1.54, 1.807) is 0 Å². The molecule has 1 aromatic heterocycles. The monoisotopic (exact) mass is 248 g/mol. The van der Waals surface area contributed by atoms with Crippen molar-refractivity contribution in [3.05, 3.63) is 5.82 Å². The van der Waals surface area contributed by atoms with Crippen LogP contribution in [0, 0.1) is 5.92 Å². The number of aromatic nitrogens is 4. The van der Waals surface area contributed by atoms with Gasteiger partial charge in [0.15, 0.2) is 5.82 Å².